The van der Waals surface area contributed by atoms with E-state index < -0.39 is 29.7 Å². The Morgan fingerprint density at radius 2 is 1.76 bits per heavy atom. The van der Waals surface area contributed by atoms with Crippen molar-refractivity contribution >= 4 is 35.2 Å². The second kappa shape index (κ2) is 7.31. The maximum absolute atomic E-state index is 12.9. The van der Waals surface area contributed by atoms with Crippen molar-refractivity contribution in [1.82, 2.24) is 15.1 Å². The number of amides is 5. The molecule has 2 fully saturated rings. The van der Waals surface area contributed by atoms with Gasteiger partial charge in [-0.1, -0.05) is 0 Å². The third kappa shape index (κ3) is 3.37. The van der Waals surface area contributed by atoms with Gasteiger partial charge in [0.15, 0.2) is 0 Å². The molecule has 0 bridgehead atoms. The van der Waals surface area contributed by atoms with Crippen LogP contribution in [0.5, 0.6) is 0 Å². The molecule has 1 unspecified atom stereocenters. The Hall–Kier alpha value is -3.23. The largest absolute Gasteiger partial charge is 0.370 e. The van der Waals surface area contributed by atoms with Crippen LogP contribution < -0.4 is 10.2 Å². The fourth-order valence-corrected chi connectivity index (χ4v) is 4.15. The summed E-state index contributed by atoms with van der Waals surface area (Å²) in [6, 6.07) is 4.13. The lowest BCUT2D eigenvalue weighted by Crippen LogP contribution is -2.54. The van der Waals surface area contributed by atoms with E-state index in [0.29, 0.717) is 19.6 Å². The first-order valence-corrected chi connectivity index (χ1v) is 9.73. The van der Waals surface area contributed by atoms with E-state index >= 15 is 0 Å². The van der Waals surface area contributed by atoms with Crippen LogP contribution in [0.2, 0.25) is 0 Å². The molecule has 1 N–H and O–H groups in total. The van der Waals surface area contributed by atoms with Crippen molar-refractivity contribution in [1.29, 1.82) is 0 Å². The zero-order chi connectivity index (χ0) is 20.7. The first-order valence-electron chi connectivity index (χ1n) is 9.73. The Morgan fingerprint density at radius 3 is 2.48 bits per heavy atom. The molecular weight excluding hydrogens is 376 g/mol. The molecule has 0 aromatic heterocycles. The number of imide groups is 2. The summed E-state index contributed by atoms with van der Waals surface area (Å²) in [6.45, 7) is 4.22. The highest BCUT2D eigenvalue weighted by molar-refractivity contribution is 6.23. The average molecular weight is 398 g/mol. The summed E-state index contributed by atoms with van der Waals surface area (Å²) in [5.74, 6) is -1.99. The third-order valence-corrected chi connectivity index (χ3v) is 5.73. The predicted octanol–water partition coefficient (Wildman–Crippen LogP) is 0.146. The van der Waals surface area contributed by atoms with Crippen molar-refractivity contribution in [3.63, 3.8) is 0 Å². The molecule has 2 saturated heterocycles. The number of fused-ring (bicyclic) bond motifs is 1. The Morgan fingerprint density at radius 1 is 1.00 bits per heavy atom. The smallest absolute Gasteiger partial charge is 0.262 e. The van der Waals surface area contributed by atoms with Crippen molar-refractivity contribution in [2.45, 2.75) is 32.2 Å². The first kappa shape index (κ1) is 19.1. The van der Waals surface area contributed by atoms with Gasteiger partial charge < -0.3 is 9.80 Å². The van der Waals surface area contributed by atoms with Gasteiger partial charge in [-0.15, -0.1) is 0 Å². The molecule has 29 heavy (non-hydrogen) atoms. The minimum atomic E-state index is -0.967. The molecule has 5 amide bonds. The number of anilines is 1. The second-order valence-corrected chi connectivity index (χ2v) is 7.52. The van der Waals surface area contributed by atoms with E-state index in [1.807, 2.05) is 0 Å². The second-order valence-electron chi connectivity index (χ2n) is 7.52. The van der Waals surface area contributed by atoms with Gasteiger partial charge in [0, 0.05) is 45.2 Å². The minimum Gasteiger partial charge on any atom is -0.370 e. The Labute approximate surface area is 167 Å². The SMILES string of the molecule is CC(=O)N1CCCN(c2ccc3c(c2)C(=O)N(C2CCC(=O)NC2=O)C3=O)CC1. The van der Waals surface area contributed by atoms with Gasteiger partial charge in [-0.3, -0.25) is 34.2 Å². The van der Waals surface area contributed by atoms with E-state index in [0.717, 1.165) is 23.6 Å². The van der Waals surface area contributed by atoms with E-state index in [1.54, 1.807) is 30.0 Å². The standard InChI is InChI=1S/C20H22N4O5/c1-12(25)22-7-2-8-23(10-9-22)13-3-4-14-15(11-13)20(29)24(19(14)28)16-5-6-17(26)21-18(16)27/h3-4,11,16H,2,5-10H2,1H3,(H,21,26,27). The molecule has 0 spiro atoms. The molecule has 3 aliphatic heterocycles. The first-order chi connectivity index (χ1) is 13.9. The van der Waals surface area contributed by atoms with Crippen LogP contribution in [0.3, 0.4) is 0 Å². The van der Waals surface area contributed by atoms with Crippen LogP contribution >= 0.6 is 0 Å². The number of benzene rings is 1. The molecule has 3 aliphatic rings. The molecule has 9 nitrogen and oxygen atoms in total. The number of hydrogen-bond donors (Lipinski definition) is 1. The van der Waals surface area contributed by atoms with Crippen LogP contribution in [0.1, 0.15) is 46.9 Å². The van der Waals surface area contributed by atoms with Crippen LogP contribution in [-0.2, 0) is 14.4 Å². The zero-order valence-electron chi connectivity index (χ0n) is 16.1. The maximum Gasteiger partial charge on any atom is 0.262 e. The summed E-state index contributed by atoms with van der Waals surface area (Å²) in [5.41, 5.74) is 1.34. The van der Waals surface area contributed by atoms with Crippen LogP contribution in [0.4, 0.5) is 5.69 Å². The number of carbonyl (C=O) groups excluding carboxylic acids is 5. The quantitative estimate of drug-likeness (QED) is 0.711. The van der Waals surface area contributed by atoms with Gasteiger partial charge in [-0.05, 0) is 31.0 Å². The van der Waals surface area contributed by atoms with Gasteiger partial charge in [-0.25, -0.2) is 0 Å². The molecular formula is C20H22N4O5. The van der Waals surface area contributed by atoms with E-state index in [-0.39, 0.29) is 29.9 Å². The Balaban J connectivity index is 1.56. The molecule has 0 aliphatic carbocycles. The van der Waals surface area contributed by atoms with E-state index in [9.17, 15) is 24.0 Å². The lowest BCUT2D eigenvalue weighted by Gasteiger charge is -2.27. The van der Waals surface area contributed by atoms with Crippen LogP contribution in [-0.4, -0.2) is 71.6 Å². The number of nitrogens with one attached hydrogen (secondary N) is 1. The van der Waals surface area contributed by atoms with Crippen molar-refractivity contribution in [3.05, 3.63) is 29.3 Å². The maximum atomic E-state index is 12.9. The minimum absolute atomic E-state index is 0.0430. The van der Waals surface area contributed by atoms with Crippen LogP contribution in [0.15, 0.2) is 18.2 Å². The predicted molar refractivity (Wildman–Crippen MR) is 102 cm³/mol. The molecule has 1 aromatic rings. The number of piperidine rings is 1. The van der Waals surface area contributed by atoms with Gasteiger partial charge in [0.05, 0.1) is 11.1 Å². The summed E-state index contributed by atoms with van der Waals surface area (Å²) < 4.78 is 0. The van der Waals surface area contributed by atoms with Crippen molar-refractivity contribution in [2.24, 2.45) is 0 Å². The molecule has 1 atom stereocenters. The average Bonchev–Trinajstić information content (AvgIpc) is 2.86. The number of carbonyl (C=O) groups is 5. The van der Waals surface area contributed by atoms with Gasteiger partial charge in [-0.2, -0.15) is 0 Å². The topological polar surface area (TPSA) is 107 Å². The Bertz CT molecular complexity index is 927. The summed E-state index contributed by atoms with van der Waals surface area (Å²) >= 11 is 0. The van der Waals surface area contributed by atoms with Gasteiger partial charge in [0.1, 0.15) is 6.04 Å². The van der Waals surface area contributed by atoms with Crippen molar-refractivity contribution < 1.29 is 24.0 Å². The highest BCUT2D eigenvalue weighted by atomic mass is 16.2. The molecule has 9 heteroatoms. The summed E-state index contributed by atoms with van der Waals surface area (Å²) in [7, 11) is 0. The van der Waals surface area contributed by atoms with Crippen molar-refractivity contribution in [2.75, 3.05) is 31.1 Å². The van der Waals surface area contributed by atoms with Crippen LogP contribution in [0.25, 0.3) is 0 Å². The van der Waals surface area contributed by atoms with E-state index in [2.05, 4.69) is 10.2 Å². The third-order valence-electron chi connectivity index (χ3n) is 5.73. The number of hydrogen-bond acceptors (Lipinski definition) is 6. The molecule has 3 heterocycles. The highest BCUT2D eigenvalue weighted by Gasteiger charge is 2.44. The number of rotatable bonds is 2. The van der Waals surface area contributed by atoms with Gasteiger partial charge >= 0.3 is 0 Å². The molecule has 1 aromatic carbocycles. The molecule has 4 rings (SSSR count). The van der Waals surface area contributed by atoms with Crippen LogP contribution in [0, 0.1) is 0 Å². The monoisotopic (exact) mass is 398 g/mol. The summed E-state index contributed by atoms with van der Waals surface area (Å²) in [5, 5.41) is 2.19. The fourth-order valence-electron chi connectivity index (χ4n) is 4.15. The van der Waals surface area contributed by atoms with Crippen molar-refractivity contribution in [3.8, 4) is 0 Å². The Kier molecular flexibility index (Phi) is 4.81. The van der Waals surface area contributed by atoms with Gasteiger partial charge in [0.25, 0.3) is 11.8 Å². The highest BCUT2D eigenvalue weighted by Crippen LogP contribution is 2.31. The van der Waals surface area contributed by atoms with Gasteiger partial charge in [0.2, 0.25) is 17.7 Å². The number of nitrogens with zero attached hydrogens (tertiary/aromatic N) is 3. The molecule has 0 saturated carbocycles. The normalized spacial score (nSPS) is 22.5. The molecule has 0 radical (unpaired) electrons. The zero-order valence-corrected chi connectivity index (χ0v) is 16.1. The molecule has 152 valence electrons. The lowest BCUT2D eigenvalue weighted by molar-refractivity contribution is -0.136. The summed E-state index contributed by atoms with van der Waals surface area (Å²) in [4.78, 5) is 65.7. The lowest BCUT2D eigenvalue weighted by atomic mass is 10.0. The summed E-state index contributed by atoms with van der Waals surface area (Å²) in [6.07, 6.45) is 1.04. The van der Waals surface area contributed by atoms with E-state index in [4.69, 9.17) is 0 Å². The van der Waals surface area contributed by atoms with E-state index in [1.165, 1.54) is 0 Å². The fraction of sp³-hybridized carbons (Fsp3) is 0.450.